The van der Waals surface area contributed by atoms with Crippen LogP contribution in [0.4, 0.5) is 0 Å². The number of ether oxygens (including phenoxy) is 1. The van der Waals surface area contributed by atoms with E-state index < -0.39 is 5.60 Å². The van der Waals surface area contributed by atoms with Gasteiger partial charge in [0.05, 0.1) is 13.2 Å². The maximum absolute atomic E-state index is 10.3. The van der Waals surface area contributed by atoms with Crippen LogP contribution >= 0.6 is 0 Å². The smallest absolute Gasteiger partial charge is 0.118 e. The van der Waals surface area contributed by atoms with Gasteiger partial charge in [0.2, 0.25) is 0 Å². The Kier molecular flexibility index (Phi) is 2.13. The van der Waals surface area contributed by atoms with Crippen LogP contribution in [0.15, 0.2) is 0 Å². The number of aliphatic hydroxyl groups is 1. The van der Waals surface area contributed by atoms with E-state index in [9.17, 15) is 5.11 Å². The minimum absolute atomic E-state index is 0.0509. The van der Waals surface area contributed by atoms with E-state index in [1.54, 1.807) is 0 Å². The average Bonchev–Trinajstić information content (AvgIpc) is 2.44. The van der Waals surface area contributed by atoms with Crippen molar-refractivity contribution in [3.8, 4) is 0 Å². The highest BCUT2D eigenvalue weighted by Crippen LogP contribution is 2.50. The molecule has 3 nitrogen and oxygen atoms in total. The molecule has 2 rings (SSSR count). The summed E-state index contributed by atoms with van der Waals surface area (Å²) >= 11 is 0. The summed E-state index contributed by atoms with van der Waals surface area (Å²) in [6.45, 7) is 3.80. The van der Waals surface area contributed by atoms with Gasteiger partial charge in [-0.05, 0) is 18.8 Å². The van der Waals surface area contributed by atoms with E-state index in [0.29, 0.717) is 25.7 Å². The molecule has 2 unspecified atom stereocenters. The molecule has 2 atom stereocenters. The van der Waals surface area contributed by atoms with Gasteiger partial charge in [-0.15, -0.1) is 0 Å². The van der Waals surface area contributed by atoms with Crippen LogP contribution in [0.2, 0.25) is 0 Å². The summed E-state index contributed by atoms with van der Waals surface area (Å²) < 4.78 is 5.11. The molecule has 1 saturated heterocycles. The third-order valence-electron chi connectivity index (χ3n) is 3.91. The van der Waals surface area contributed by atoms with Crippen LogP contribution in [0.5, 0.6) is 0 Å². The predicted octanol–water partition coefficient (Wildman–Crippen LogP) is 0.513. The summed E-state index contributed by atoms with van der Waals surface area (Å²) in [6, 6.07) is 0. The lowest BCUT2D eigenvalue weighted by atomic mass is 9.68. The van der Waals surface area contributed by atoms with E-state index >= 15 is 0 Å². The van der Waals surface area contributed by atoms with E-state index in [2.05, 4.69) is 6.92 Å². The summed E-state index contributed by atoms with van der Waals surface area (Å²) in [4.78, 5) is 0. The van der Waals surface area contributed by atoms with Gasteiger partial charge >= 0.3 is 0 Å². The van der Waals surface area contributed by atoms with Gasteiger partial charge < -0.3 is 15.6 Å². The van der Waals surface area contributed by atoms with E-state index in [0.717, 1.165) is 12.8 Å². The lowest BCUT2D eigenvalue weighted by Gasteiger charge is -2.50. The van der Waals surface area contributed by atoms with Gasteiger partial charge in [0.15, 0.2) is 0 Å². The molecule has 2 fully saturated rings. The zero-order valence-corrected chi connectivity index (χ0v) is 8.25. The van der Waals surface area contributed by atoms with Crippen molar-refractivity contribution in [3.05, 3.63) is 0 Å². The number of rotatable bonds is 2. The minimum atomic E-state index is -0.619. The van der Waals surface area contributed by atoms with E-state index in [1.807, 2.05) is 0 Å². The summed E-state index contributed by atoms with van der Waals surface area (Å²) in [5.74, 6) is 0.702. The Morgan fingerprint density at radius 2 is 2.23 bits per heavy atom. The van der Waals surface area contributed by atoms with E-state index in [1.165, 1.54) is 6.42 Å². The quantitative estimate of drug-likeness (QED) is 0.659. The molecule has 0 amide bonds. The second-order valence-electron chi connectivity index (χ2n) is 4.86. The highest BCUT2D eigenvalue weighted by molar-refractivity contribution is 5.06. The molecule has 0 spiro atoms. The van der Waals surface area contributed by atoms with E-state index in [4.69, 9.17) is 10.5 Å². The monoisotopic (exact) mass is 185 g/mol. The Morgan fingerprint density at radius 3 is 2.54 bits per heavy atom. The Morgan fingerprint density at radius 1 is 1.54 bits per heavy atom. The summed E-state index contributed by atoms with van der Waals surface area (Å²) in [7, 11) is 0. The van der Waals surface area contributed by atoms with Crippen LogP contribution in [0, 0.1) is 11.3 Å². The van der Waals surface area contributed by atoms with Crippen LogP contribution < -0.4 is 5.73 Å². The lowest BCUT2D eigenvalue weighted by molar-refractivity contribution is -0.238. The molecule has 0 radical (unpaired) electrons. The van der Waals surface area contributed by atoms with Gasteiger partial charge in [0, 0.05) is 12.0 Å². The van der Waals surface area contributed by atoms with Crippen LogP contribution in [-0.4, -0.2) is 30.5 Å². The van der Waals surface area contributed by atoms with Crippen molar-refractivity contribution >= 4 is 0 Å². The summed E-state index contributed by atoms with van der Waals surface area (Å²) in [6.07, 6.45) is 3.31. The fourth-order valence-electron chi connectivity index (χ4n) is 2.79. The Balaban J connectivity index is 2.15. The van der Waals surface area contributed by atoms with Crippen molar-refractivity contribution in [2.75, 3.05) is 19.8 Å². The molecule has 0 aromatic rings. The Hall–Kier alpha value is -0.120. The lowest BCUT2D eigenvalue weighted by Crippen LogP contribution is -2.63. The predicted molar refractivity (Wildman–Crippen MR) is 50.3 cm³/mol. The van der Waals surface area contributed by atoms with Crippen molar-refractivity contribution in [1.29, 1.82) is 0 Å². The second-order valence-corrected chi connectivity index (χ2v) is 4.86. The van der Waals surface area contributed by atoms with Crippen molar-refractivity contribution < 1.29 is 9.84 Å². The highest BCUT2D eigenvalue weighted by Gasteiger charge is 2.56. The van der Waals surface area contributed by atoms with Gasteiger partial charge in [-0.25, -0.2) is 0 Å². The van der Waals surface area contributed by atoms with Crippen molar-refractivity contribution in [2.45, 2.75) is 31.8 Å². The molecule has 13 heavy (non-hydrogen) atoms. The van der Waals surface area contributed by atoms with Gasteiger partial charge in [-0.3, -0.25) is 0 Å². The second kappa shape index (κ2) is 2.94. The molecule has 3 N–H and O–H groups in total. The first-order chi connectivity index (χ1) is 6.12. The fraction of sp³-hybridized carbons (Fsp3) is 1.00. The maximum Gasteiger partial charge on any atom is 0.118 e. The van der Waals surface area contributed by atoms with Gasteiger partial charge in [-0.2, -0.15) is 0 Å². The SMILES string of the molecule is CC1CCC(CN)(C2(O)COC2)C1. The largest absolute Gasteiger partial charge is 0.384 e. The molecule has 3 heteroatoms. The molecule has 0 aromatic carbocycles. The van der Waals surface area contributed by atoms with E-state index in [-0.39, 0.29) is 5.41 Å². The first kappa shape index (κ1) is 9.44. The molecule has 1 heterocycles. The molecule has 1 aliphatic heterocycles. The molecular weight excluding hydrogens is 166 g/mol. The average molecular weight is 185 g/mol. The molecule has 1 saturated carbocycles. The number of hydrogen-bond acceptors (Lipinski definition) is 3. The number of hydrogen-bond donors (Lipinski definition) is 2. The first-order valence-electron chi connectivity index (χ1n) is 5.12. The third kappa shape index (κ3) is 1.22. The molecular formula is C10H19NO2. The molecule has 0 aromatic heterocycles. The zero-order valence-electron chi connectivity index (χ0n) is 8.25. The first-order valence-corrected chi connectivity index (χ1v) is 5.12. The molecule has 0 bridgehead atoms. The maximum atomic E-state index is 10.3. The normalized spacial score (nSPS) is 43.2. The van der Waals surface area contributed by atoms with Crippen molar-refractivity contribution in [3.63, 3.8) is 0 Å². The Labute approximate surface area is 79.3 Å². The summed E-state index contributed by atoms with van der Waals surface area (Å²) in [5.41, 5.74) is 5.14. The van der Waals surface area contributed by atoms with Crippen LogP contribution in [0.25, 0.3) is 0 Å². The minimum Gasteiger partial charge on any atom is -0.384 e. The number of nitrogens with two attached hydrogens (primary N) is 1. The highest BCUT2D eigenvalue weighted by atomic mass is 16.5. The van der Waals surface area contributed by atoms with Crippen LogP contribution in [-0.2, 0) is 4.74 Å². The van der Waals surface area contributed by atoms with Crippen molar-refractivity contribution in [1.82, 2.24) is 0 Å². The molecule has 2 aliphatic rings. The topological polar surface area (TPSA) is 55.5 Å². The third-order valence-corrected chi connectivity index (χ3v) is 3.91. The Bertz CT molecular complexity index is 203. The molecule has 76 valence electrons. The fourth-order valence-corrected chi connectivity index (χ4v) is 2.79. The van der Waals surface area contributed by atoms with Gasteiger partial charge in [0.25, 0.3) is 0 Å². The van der Waals surface area contributed by atoms with Gasteiger partial charge in [-0.1, -0.05) is 13.3 Å². The van der Waals surface area contributed by atoms with Crippen molar-refractivity contribution in [2.24, 2.45) is 17.1 Å². The standard InChI is InChI=1S/C10H19NO2/c1-8-2-3-9(4-8,5-11)10(12)6-13-7-10/h8,12H,2-7,11H2,1H3. The zero-order chi connectivity index (χ0) is 9.53. The van der Waals surface area contributed by atoms with Crippen LogP contribution in [0.1, 0.15) is 26.2 Å². The molecule has 1 aliphatic carbocycles. The summed E-state index contributed by atoms with van der Waals surface area (Å²) in [5, 5.41) is 10.3. The van der Waals surface area contributed by atoms with Gasteiger partial charge in [0.1, 0.15) is 5.60 Å². The van der Waals surface area contributed by atoms with Crippen LogP contribution in [0.3, 0.4) is 0 Å².